The Labute approximate surface area is 277 Å². The van der Waals surface area contributed by atoms with Crippen molar-refractivity contribution < 1.29 is 8.78 Å². The number of nitrogens with two attached hydrogens (primary N) is 1. The Morgan fingerprint density at radius 2 is 0.979 bits per heavy atom. The maximum absolute atomic E-state index is 13.8. The second-order valence-electron chi connectivity index (χ2n) is 12.8. The molecule has 8 rings (SSSR count). The molecule has 0 spiro atoms. The molecule has 0 atom stereocenters. The zero-order valence-corrected chi connectivity index (χ0v) is 26.7. The van der Waals surface area contributed by atoms with Gasteiger partial charge in [-0.3, -0.25) is 9.97 Å². The van der Waals surface area contributed by atoms with E-state index in [2.05, 4.69) is 64.6 Å². The average Bonchev–Trinajstić information content (AvgIpc) is 3.60. The zero-order chi connectivity index (χ0) is 32.8. The molecule has 0 unspecified atom stereocenters. The summed E-state index contributed by atoms with van der Waals surface area (Å²) in [5.41, 5.74) is 14.9. The van der Waals surface area contributed by atoms with Crippen LogP contribution in [0.25, 0.3) is 43.6 Å². The molecule has 0 fully saturated rings. The highest BCUT2D eigenvalue weighted by molar-refractivity contribution is 6.09. The Balaban J connectivity index is 1.23. The predicted octanol–water partition coefficient (Wildman–Crippen LogP) is 8.96. The summed E-state index contributed by atoms with van der Waals surface area (Å²) in [6.45, 7) is 3.29. The largest absolute Gasteiger partial charge is 0.334 e. The van der Waals surface area contributed by atoms with Gasteiger partial charge >= 0.3 is 0 Å². The summed E-state index contributed by atoms with van der Waals surface area (Å²) in [7, 11) is 0. The first kappa shape index (κ1) is 30.0. The fraction of sp³-hybridized carbons (Fsp3) is 0.171. The van der Waals surface area contributed by atoms with E-state index in [1.54, 1.807) is 0 Å². The third-order valence-corrected chi connectivity index (χ3v) is 9.76. The third kappa shape index (κ3) is 5.30. The fourth-order valence-electron chi connectivity index (χ4n) is 7.26. The van der Waals surface area contributed by atoms with Gasteiger partial charge in [0.1, 0.15) is 11.6 Å². The van der Waals surface area contributed by atoms with Crippen LogP contribution in [0.4, 0.5) is 8.78 Å². The van der Waals surface area contributed by atoms with Gasteiger partial charge in [-0.15, -0.1) is 0 Å². The van der Waals surface area contributed by atoms with Crippen molar-refractivity contribution in [2.24, 2.45) is 5.73 Å². The molecule has 4 aromatic heterocycles. The zero-order valence-electron chi connectivity index (χ0n) is 26.7. The van der Waals surface area contributed by atoms with E-state index in [0.29, 0.717) is 32.4 Å². The normalized spacial score (nSPS) is 12.2. The molecule has 0 saturated heterocycles. The topological polar surface area (TPSA) is 61.7 Å². The van der Waals surface area contributed by atoms with Gasteiger partial charge in [-0.2, -0.15) is 0 Å². The summed E-state index contributed by atoms with van der Waals surface area (Å²) in [5.74, 6) is -0.501. The number of halogens is 2. The highest BCUT2D eigenvalue weighted by Crippen LogP contribution is 2.36. The molecule has 238 valence electrons. The van der Waals surface area contributed by atoms with Crippen LogP contribution in [0, 0.1) is 11.6 Å². The first-order valence-corrected chi connectivity index (χ1v) is 16.4. The van der Waals surface area contributed by atoms with E-state index < -0.39 is 5.54 Å². The van der Waals surface area contributed by atoms with Crippen LogP contribution in [0.3, 0.4) is 0 Å². The average molecular weight is 636 g/mol. The molecule has 8 aromatic rings. The number of pyridine rings is 2. The monoisotopic (exact) mass is 635 g/mol. The molecule has 7 heteroatoms. The van der Waals surface area contributed by atoms with Gasteiger partial charge in [-0.05, 0) is 66.1 Å². The minimum atomic E-state index is -0.656. The molecular formula is C41H35F2N5. The van der Waals surface area contributed by atoms with Crippen molar-refractivity contribution in [3.8, 4) is 0 Å². The standard InChI is InChI=1S/C41H35F2N5/c1-2-41(44,23-35-39-33(19-21-45-35)31-7-3-5-9-37(31)47(39)25-27-11-15-29(42)16-12-27)24-36-40-34(20-22-46-36)32-8-4-6-10-38(32)48(40)26-28-13-17-30(43)18-14-28/h3-22H,2,23-26,44H2,1H3. The lowest BCUT2D eigenvalue weighted by Gasteiger charge is -2.29. The number of hydrogen-bond acceptors (Lipinski definition) is 3. The number of benzene rings is 4. The molecule has 0 radical (unpaired) electrons. The Morgan fingerprint density at radius 1 is 0.562 bits per heavy atom. The molecular weight excluding hydrogens is 600 g/mol. The van der Waals surface area contributed by atoms with Gasteiger partial charge in [0.15, 0.2) is 0 Å². The van der Waals surface area contributed by atoms with Gasteiger partial charge in [0.2, 0.25) is 0 Å². The number of aromatic nitrogens is 4. The molecule has 4 aromatic carbocycles. The van der Waals surface area contributed by atoms with Crippen LogP contribution in [0.1, 0.15) is 35.9 Å². The van der Waals surface area contributed by atoms with E-state index in [1.807, 2.05) is 48.8 Å². The third-order valence-electron chi connectivity index (χ3n) is 9.76. The van der Waals surface area contributed by atoms with Crippen molar-refractivity contribution in [2.45, 2.75) is 44.8 Å². The SMILES string of the molecule is CCC(N)(Cc1nccc2c3ccccc3n(Cc3ccc(F)cc3)c12)Cc1nccc2c3ccccc3n(Cc3ccc(F)cc3)c12. The molecule has 0 aliphatic heterocycles. The van der Waals surface area contributed by atoms with Crippen molar-refractivity contribution in [2.75, 3.05) is 0 Å². The van der Waals surface area contributed by atoms with Crippen LogP contribution >= 0.6 is 0 Å². The minimum Gasteiger partial charge on any atom is -0.334 e. The summed E-state index contributed by atoms with van der Waals surface area (Å²) in [6, 6.07) is 34.3. The van der Waals surface area contributed by atoms with E-state index in [-0.39, 0.29) is 11.6 Å². The van der Waals surface area contributed by atoms with Gasteiger partial charge in [-0.1, -0.05) is 67.6 Å². The molecule has 5 nitrogen and oxygen atoms in total. The van der Waals surface area contributed by atoms with E-state index in [9.17, 15) is 8.78 Å². The fourth-order valence-corrected chi connectivity index (χ4v) is 7.26. The number of hydrogen-bond donors (Lipinski definition) is 1. The van der Waals surface area contributed by atoms with Crippen molar-refractivity contribution in [3.05, 3.63) is 156 Å². The van der Waals surface area contributed by atoms with Crippen LogP contribution in [-0.4, -0.2) is 24.6 Å². The lowest BCUT2D eigenvalue weighted by atomic mass is 9.85. The Morgan fingerprint density at radius 3 is 1.40 bits per heavy atom. The van der Waals surface area contributed by atoms with Gasteiger partial charge < -0.3 is 14.9 Å². The molecule has 0 aliphatic carbocycles. The maximum atomic E-state index is 13.8. The predicted molar refractivity (Wildman–Crippen MR) is 190 cm³/mol. The highest BCUT2D eigenvalue weighted by Gasteiger charge is 2.29. The van der Waals surface area contributed by atoms with Crippen LogP contribution in [0.15, 0.2) is 122 Å². The van der Waals surface area contributed by atoms with Crippen molar-refractivity contribution in [1.82, 2.24) is 19.1 Å². The van der Waals surface area contributed by atoms with Crippen molar-refractivity contribution in [3.63, 3.8) is 0 Å². The van der Waals surface area contributed by atoms with Crippen molar-refractivity contribution >= 4 is 43.6 Å². The quantitative estimate of drug-likeness (QED) is 0.172. The molecule has 0 saturated carbocycles. The van der Waals surface area contributed by atoms with E-state index in [4.69, 9.17) is 15.7 Å². The maximum Gasteiger partial charge on any atom is 0.123 e. The van der Waals surface area contributed by atoms with Crippen LogP contribution in [0.5, 0.6) is 0 Å². The lowest BCUT2D eigenvalue weighted by Crippen LogP contribution is -2.44. The highest BCUT2D eigenvalue weighted by atomic mass is 19.1. The first-order chi connectivity index (χ1) is 23.4. The number of rotatable bonds is 9. The van der Waals surface area contributed by atoms with Gasteiger partial charge in [0.25, 0.3) is 0 Å². The summed E-state index contributed by atoms with van der Waals surface area (Å²) in [6.07, 6.45) is 5.54. The minimum absolute atomic E-state index is 0.250. The number of nitrogens with zero attached hydrogens (tertiary/aromatic N) is 4. The van der Waals surface area contributed by atoms with E-state index >= 15 is 0 Å². The van der Waals surface area contributed by atoms with Crippen molar-refractivity contribution in [1.29, 1.82) is 0 Å². The van der Waals surface area contributed by atoms with E-state index in [1.165, 1.54) is 24.3 Å². The summed E-state index contributed by atoms with van der Waals surface area (Å²) in [5, 5.41) is 4.54. The van der Waals surface area contributed by atoms with Crippen LogP contribution in [-0.2, 0) is 25.9 Å². The molecule has 0 aliphatic rings. The lowest BCUT2D eigenvalue weighted by molar-refractivity contribution is 0.398. The van der Waals surface area contributed by atoms with Gasteiger partial charge in [0.05, 0.1) is 22.4 Å². The summed E-state index contributed by atoms with van der Waals surface area (Å²) >= 11 is 0. The summed E-state index contributed by atoms with van der Waals surface area (Å²) < 4.78 is 32.2. The second kappa shape index (κ2) is 12.0. The van der Waals surface area contributed by atoms with Crippen LogP contribution < -0.4 is 5.73 Å². The Kier molecular flexibility index (Phi) is 7.49. The Bertz CT molecular complexity index is 2260. The molecule has 0 amide bonds. The number of para-hydroxylation sites is 2. The molecule has 2 N–H and O–H groups in total. The smallest absolute Gasteiger partial charge is 0.123 e. The first-order valence-electron chi connectivity index (χ1n) is 16.4. The molecule has 0 bridgehead atoms. The molecule has 48 heavy (non-hydrogen) atoms. The summed E-state index contributed by atoms with van der Waals surface area (Å²) in [4.78, 5) is 9.91. The van der Waals surface area contributed by atoms with Gasteiger partial charge in [0, 0.05) is 76.4 Å². The Hall–Kier alpha value is -5.40. The van der Waals surface area contributed by atoms with Crippen LogP contribution in [0.2, 0.25) is 0 Å². The number of fused-ring (bicyclic) bond motifs is 6. The molecule has 4 heterocycles. The van der Waals surface area contributed by atoms with Gasteiger partial charge in [-0.25, -0.2) is 8.78 Å². The second-order valence-corrected chi connectivity index (χ2v) is 12.8. The van der Waals surface area contributed by atoms with E-state index in [0.717, 1.165) is 66.1 Å².